The number of hydrogen-bond acceptors (Lipinski definition) is 7. The summed E-state index contributed by atoms with van der Waals surface area (Å²) in [5.74, 6) is -0.848. The zero-order valence-electron chi connectivity index (χ0n) is 19.2. The van der Waals surface area contributed by atoms with Crippen molar-refractivity contribution < 1.29 is 33.3 Å². The third kappa shape index (κ3) is 4.13. The first-order chi connectivity index (χ1) is 16.9. The van der Waals surface area contributed by atoms with Crippen molar-refractivity contribution in [2.75, 3.05) is 27.4 Å². The molecule has 35 heavy (non-hydrogen) atoms. The van der Waals surface area contributed by atoms with Crippen molar-refractivity contribution in [2.24, 2.45) is 0 Å². The zero-order chi connectivity index (χ0) is 24.7. The number of hydrogen-bond donors (Lipinski definition) is 1. The van der Waals surface area contributed by atoms with E-state index in [1.807, 2.05) is 0 Å². The van der Waals surface area contributed by atoms with Gasteiger partial charge in [0.25, 0.3) is 5.91 Å². The number of carbonyl (C=O) groups is 2. The summed E-state index contributed by atoms with van der Waals surface area (Å²) in [7, 11) is 3.03. The van der Waals surface area contributed by atoms with Crippen LogP contribution in [0.15, 0.2) is 58.2 Å². The van der Waals surface area contributed by atoms with Crippen LogP contribution in [0.3, 0.4) is 0 Å². The Kier molecular flexibility index (Phi) is 6.17. The number of amides is 1. The Balaban J connectivity index is 1.58. The molecule has 2 aliphatic heterocycles. The van der Waals surface area contributed by atoms with Crippen molar-refractivity contribution >= 4 is 34.3 Å². The van der Waals surface area contributed by atoms with Gasteiger partial charge < -0.3 is 28.6 Å². The number of methoxy groups -OCH3 is 2. The van der Waals surface area contributed by atoms with E-state index in [1.165, 1.54) is 18.1 Å². The third-order valence-electron chi connectivity index (χ3n) is 6.39. The first-order valence-corrected chi connectivity index (χ1v) is 11.6. The van der Waals surface area contributed by atoms with Crippen LogP contribution in [0.5, 0.6) is 11.5 Å². The summed E-state index contributed by atoms with van der Waals surface area (Å²) in [6, 6.07) is 11.0. The van der Waals surface area contributed by atoms with E-state index in [0.717, 1.165) is 12.8 Å². The van der Waals surface area contributed by atoms with Gasteiger partial charge in [0.2, 0.25) is 5.78 Å². The van der Waals surface area contributed by atoms with Gasteiger partial charge in [-0.1, -0.05) is 23.7 Å². The molecule has 9 heteroatoms. The lowest BCUT2D eigenvalue weighted by atomic mass is 9.94. The number of rotatable bonds is 7. The number of fused-ring (bicyclic) bond motifs is 1. The average Bonchev–Trinajstić information content (AvgIpc) is 3.59. The molecule has 2 aromatic carbocycles. The standard InChI is InChI=1S/C26H24ClNO7/c1-32-17-7-5-14(6-8-17)22-21(24(30)26(31)28(22)13-18-4-3-9-34-18)23(29)19-11-15-10-16(27)12-20(33-2)25(15)35-19/h5-8,10-12,18,22,30H,3-4,9,13H2,1-2H3. The first kappa shape index (κ1) is 23.3. The van der Waals surface area contributed by atoms with Crippen LogP contribution in [0, 0.1) is 0 Å². The summed E-state index contributed by atoms with van der Waals surface area (Å²) in [5.41, 5.74) is 0.949. The van der Waals surface area contributed by atoms with Gasteiger partial charge in [-0.15, -0.1) is 0 Å². The maximum absolute atomic E-state index is 13.7. The summed E-state index contributed by atoms with van der Waals surface area (Å²) >= 11 is 6.16. The van der Waals surface area contributed by atoms with E-state index in [0.29, 0.717) is 39.7 Å². The molecule has 2 aliphatic rings. The van der Waals surface area contributed by atoms with E-state index in [1.54, 1.807) is 43.5 Å². The smallest absolute Gasteiger partial charge is 0.290 e. The lowest BCUT2D eigenvalue weighted by Crippen LogP contribution is -2.37. The summed E-state index contributed by atoms with van der Waals surface area (Å²) in [6.45, 7) is 0.869. The van der Waals surface area contributed by atoms with Gasteiger partial charge in [-0.3, -0.25) is 9.59 Å². The molecule has 0 radical (unpaired) electrons. The molecule has 0 bridgehead atoms. The Morgan fingerprint density at radius 3 is 2.60 bits per heavy atom. The fraction of sp³-hybridized carbons (Fsp3) is 0.308. The average molecular weight is 498 g/mol. The predicted octanol–water partition coefficient (Wildman–Crippen LogP) is 4.86. The molecule has 1 fully saturated rings. The monoisotopic (exact) mass is 497 g/mol. The van der Waals surface area contributed by atoms with Crippen molar-refractivity contribution in [3.8, 4) is 11.5 Å². The molecule has 3 heterocycles. The van der Waals surface area contributed by atoms with Crippen molar-refractivity contribution in [2.45, 2.75) is 25.0 Å². The molecule has 2 unspecified atom stereocenters. The number of aliphatic hydroxyl groups is 1. The van der Waals surface area contributed by atoms with Gasteiger partial charge in [-0.05, 0) is 42.7 Å². The molecular formula is C26H24ClNO7. The van der Waals surface area contributed by atoms with E-state index >= 15 is 0 Å². The summed E-state index contributed by atoms with van der Waals surface area (Å²) in [5, 5.41) is 11.9. The maximum Gasteiger partial charge on any atom is 0.290 e. The molecule has 1 amide bonds. The van der Waals surface area contributed by atoms with Gasteiger partial charge in [0.05, 0.1) is 31.9 Å². The van der Waals surface area contributed by atoms with E-state index in [4.69, 9.17) is 30.2 Å². The second-order valence-corrected chi connectivity index (χ2v) is 8.93. The van der Waals surface area contributed by atoms with Gasteiger partial charge in [0.1, 0.15) is 5.75 Å². The van der Waals surface area contributed by atoms with Crippen LogP contribution >= 0.6 is 11.6 Å². The Morgan fingerprint density at radius 1 is 1.17 bits per heavy atom. The van der Waals surface area contributed by atoms with E-state index in [2.05, 4.69) is 0 Å². The molecule has 1 N–H and O–H groups in total. The van der Waals surface area contributed by atoms with Crippen molar-refractivity contribution in [3.63, 3.8) is 0 Å². The van der Waals surface area contributed by atoms with Crippen LogP contribution in [-0.2, 0) is 9.53 Å². The molecule has 0 spiro atoms. The Hall–Kier alpha value is -3.49. The highest BCUT2D eigenvalue weighted by Crippen LogP contribution is 2.41. The van der Waals surface area contributed by atoms with E-state index in [-0.39, 0.29) is 24.0 Å². The normalized spacial score (nSPS) is 20.2. The number of nitrogens with zero attached hydrogens (tertiary/aromatic N) is 1. The van der Waals surface area contributed by atoms with Crippen LogP contribution < -0.4 is 9.47 Å². The predicted molar refractivity (Wildman–Crippen MR) is 128 cm³/mol. The Labute approximate surface area is 206 Å². The van der Waals surface area contributed by atoms with Crippen molar-refractivity contribution in [1.82, 2.24) is 4.90 Å². The molecule has 3 aromatic rings. The molecule has 0 saturated carbocycles. The largest absolute Gasteiger partial charge is 0.503 e. The summed E-state index contributed by atoms with van der Waals surface area (Å²) in [4.78, 5) is 28.4. The Morgan fingerprint density at radius 2 is 1.94 bits per heavy atom. The zero-order valence-corrected chi connectivity index (χ0v) is 20.0. The lowest BCUT2D eigenvalue weighted by Gasteiger charge is -2.28. The number of benzene rings is 2. The van der Waals surface area contributed by atoms with Crippen molar-refractivity contribution in [1.29, 1.82) is 0 Å². The van der Waals surface area contributed by atoms with Gasteiger partial charge >= 0.3 is 0 Å². The van der Waals surface area contributed by atoms with Crippen LogP contribution in [0.4, 0.5) is 0 Å². The fourth-order valence-electron chi connectivity index (χ4n) is 4.70. The second kappa shape index (κ2) is 9.28. The second-order valence-electron chi connectivity index (χ2n) is 8.50. The molecular weight excluding hydrogens is 474 g/mol. The lowest BCUT2D eigenvalue weighted by molar-refractivity contribution is -0.131. The quantitative estimate of drug-likeness (QED) is 0.465. The number of ketones is 1. The first-order valence-electron chi connectivity index (χ1n) is 11.2. The highest BCUT2D eigenvalue weighted by atomic mass is 35.5. The minimum Gasteiger partial charge on any atom is -0.503 e. The van der Waals surface area contributed by atoms with Crippen LogP contribution in [-0.4, -0.2) is 55.2 Å². The molecule has 5 rings (SSSR count). The number of furan rings is 1. The third-order valence-corrected chi connectivity index (χ3v) is 6.61. The molecule has 182 valence electrons. The fourth-order valence-corrected chi connectivity index (χ4v) is 4.91. The summed E-state index contributed by atoms with van der Waals surface area (Å²) in [6.07, 6.45) is 1.53. The van der Waals surface area contributed by atoms with E-state index in [9.17, 15) is 14.7 Å². The number of ether oxygens (including phenoxy) is 3. The van der Waals surface area contributed by atoms with Gasteiger partial charge in [0.15, 0.2) is 22.9 Å². The Bertz CT molecular complexity index is 1320. The number of Topliss-reactive ketones (excluding diaryl/α,β-unsaturated/α-hetero) is 1. The van der Waals surface area contributed by atoms with E-state index < -0.39 is 23.5 Å². The number of halogens is 1. The topological polar surface area (TPSA) is 98.4 Å². The highest BCUT2D eigenvalue weighted by molar-refractivity contribution is 6.31. The van der Waals surface area contributed by atoms with Crippen LogP contribution in [0.25, 0.3) is 11.0 Å². The minimum atomic E-state index is -0.816. The molecule has 1 saturated heterocycles. The van der Waals surface area contributed by atoms with Crippen LogP contribution in [0.2, 0.25) is 5.02 Å². The molecule has 2 atom stereocenters. The molecule has 0 aliphatic carbocycles. The summed E-state index contributed by atoms with van der Waals surface area (Å²) < 4.78 is 22.2. The number of carbonyl (C=O) groups excluding carboxylic acids is 2. The highest BCUT2D eigenvalue weighted by Gasteiger charge is 2.45. The van der Waals surface area contributed by atoms with Gasteiger partial charge in [-0.2, -0.15) is 0 Å². The van der Waals surface area contributed by atoms with Crippen molar-refractivity contribution in [3.05, 3.63) is 70.1 Å². The molecule has 8 nitrogen and oxygen atoms in total. The molecule has 1 aromatic heterocycles. The van der Waals surface area contributed by atoms with Gasteiger partial charge in [-0.25, -0.2) is 0 Å². The van der Waals surface area contributed by atoms with Gasteiger partial charge in [0, 0.05) is 29.6 Å². The van der Waals surface area contributed by atoms with Crippen LogP contribution in [0.1, 0.15) is 35.0 Å². The maximum atomic E-state index is 13.7. The SMILES string of the molecule is COc1ccc(C2C(C(=O)c3cc4cc(Cl)cc(OC)c4o3)=C(O)C(=O)N2CC2CCCO2)cc1. The number of aliphatic hydroxyl groups excluding tert-OH is 1. The minimum absolute atomic E-state index is 0.0348.